The number of aromatic nitrogens is 2. The molecule has 0 atom stereocenters. The van der Waals surface area contributed by atoms with Gasteiger partial charge >= 0.3 is 0 Å². The fourth-order valence-corrected chi connectivity index (χ4v) is 1.97. The third-order valence-corrected chi connectivity index (χ3v) is 3.26. The van der Waals surface area contributed by atoms with Crippen LogP contribution in [0.3, 0.4) is 0 Å². The Morgan fingerprint density at radius 1 is 1.60 bits per heavy atom. The van der Waals surface area contributed by atoms with Crippen molar-refractivity contribution < 1.29 is 9.84 Å². The standard InChI is InChI=1S/C11H18N2O2/c1-15-5-4-11(2-3-11)8-13-9-12-6-10(13)7-14/h6,9,14H,2-5,7-8H2,1H3. The summed E-state index contributed by atoms with van der Waals surface area (Å²) in [6, 6.07) is 0. The summed E-state index contributed by atoms with van der Waals surface area (Å²) in [7, 11) is 1.74. The molecule has 15 heavy (non-hydrogen) atoms. The van der Waals surface area contributed by atoms with Crippen molar-refractivity contribution >= 4 is 0 Å². The highest BCUT2D eigenvalue weighted by Gasteiger charge is 2.42. The molecule has 0 bridgehead atoms. The molecule has 1 aromatic heterocycles. The fraction of sp³-hybridized carbons (Fsp3) is 0.727. The molecule has 2 rings (SSSR count). The van der Waals surface area contributed by atoms with Gasteiger partial charge in [-0.2, -0.15) is 0 Å². The first-order valence-electron chi connectivity index (χ1n) is 5.38. The van der Waals surface area contributed by atoms with Gasteiger partial charge in [0.05, 0.1) is 24.8 Å². The number of hydrogen-bond donors (Lipinski definition) is 1. The SMILES string of the molecule is COCCC1(Cn2cncc2CO)CC1. The van der Waals surface area contributed by atoms with Crippen LogP contribution in [0.15, 0.2) is 12.5 Å². The quantitative estimate of drug-likeness (QED) is 0.767. The lowest BCUT2D eigenvalue weighted by Crippen LogP contribution is -2.15. The van der Waals surface area contributed by atoms with Crippen LogP contribution in [0.5, 0.6) is 0 Å². The first kappa shape index (κ1) is 10.6. The van der Waals surface area contributed by atoms with Gasteiger partial charge in [-0.15, -0.1) is 0 Å². The number of imidazole rings is 1. The van der Waals surface area contributed by atoms with Gasteiger partial charge in [0.1, 0.15) is 0 Å². The summed E-state index contributed by atoms with van der Waals surface area (Å²) in [4.78, 5) is 4.06. The van der Waals surface area contributed by atoms with E-state index in [1.54, 1.807) is 19.6 Å². The summed E-state index contributed by atoms with van der Waals surface area (Å²) >= 11 is 0. The van der Waals surface area contributed by atoms with Crippen molar-refractivity contribution in [3.8, 4) is 0 Å². The molecule has 1 N–H and O–H groups in total. The second-order valence-electron chi connectivity index (χ2n) is 4.41. The van der Waals surface area contributed by atoms with Gasteiger partial charge < -0.3 is 14.4 Å². The maximum Gasteiger partial charge on any atom is 0.0949 e. The zero-order valence-corrected chi connectivity index (χ0v) is 9.15. The van der Waals surface area contributed by atoms with Gasteiger partial charge in [-0.1, -0.05) is 0 Å². The van der Waals surface area contributed by atoms with Crippen molar-refractivity contribution in [1.29, 1.82) is 0 Å². The molecule has 1 aliphatic carbocycles. The number of methoxy groups -OCH3 is 1. The van der Waals surface area contributed by atoms with E-state index >= 15 is 0 Å². The number of aliphatic hydroxyl groups is 1. The van der Waals surface area contributed by atoms with Crippen molar-refractivity contribution in [3.05, 3.63) is 18.2 Å². The van der Waals surface area contributed by atoms with Gasteiger partial charge in [0, 0.05) is 20.3 Å². The van der Waals surface area contributed by atoms with E-state index in [0.29, 0.717) is 5.41 Å². The highest BCUT2D eigenvalue weighted by Crippen LogP contribution is 2.50. The fourth-order valence-electron chi connectivity index (χ4n) is 1.97. The second-order valence-corrected chi connectivity index (χ2v) is 4.41. The lowest BCUT2D eigenvalue weighted by Gasteiger charge is -2.16. The molecule has 1 heterocycles. The Morgan fingerprint density at radius 3 is 3.00 bits per heavy atom. The molecule has 0 unspecified atom stereocenters. The molecule has 4 nitrogen and oxygen atoms in total. The van der Waals surface area contributed by atoms with Crippen LogP contribution in [-0.4, -0.2) is 28.4 Å². The van der Waals surface area contributed by atoms with Crippen molar-refractivity contribution in [3.63, 3.8) is 0 Å². The summed E-state index contributed by atoms with van der Waals surface area (Å²) in [6.07, 6.45) is 7.16. The predicted molar refractivity (Wildman–Crippen MR) is 56.3 cm³/mol. The van der Waals surface area contributed by atoms with Crippen molar-refractivity contribution in [2.75, 3.05) is 13.7 Å². The molecule has 0 aromatic carbocycles. The molecule has 0 saturated heterocycles. The highest BCUT2D eigenvalue weighted by atomic mass is 16.5. The average Bonchev–Trinajstić information content (AvgIpc) is 2.86. The first-order chi connectivity index (χ1) is 7.29. The van der Waals surface area contributed by atoms with Gasteiger partial charge in [-0.3, -0.25) is 0 Å². The van der Waals surface area contributed by atoms with E-state index in [2.05, 4.69) is 9.55 Å². The highest BCUT2D eigenvalue weighted by molar-refractivity contribution is 5.01. The number of ether oxygens (including phenoxy) is 1. The van der Waals surface area contributed by atoms with Crippen molar-refractivity contribution in [1.82, 2.24) is 9.55 Å². The Kier molecular flexibility index (Phi) is 3.07. The molecule has 4 heteroatoms. The summed E-state index contributed by atoms with van der Waals surface area (Å²) in [5.41, 5.74) is 1.30. The molecule has 1 saturated carbocycles. The summed E-state index contributed by atoms with van der Waals surface area (Å²) in [5, 5.41) is 9.12. The van der Waals surface area contributed by atoms with Crippen LogP contribution < -0.4 is 0 Å². The Balaban J connectivity index is 1.96. The van der Waals surface area contributed by atoms with Gasteiger partial charge in [-0.25, -0.2) is 4.98 Å². The summed E-state index contributed by atoms with van der Waals surface area (Å²) in [6.45, 7) is 1.86. The third kappa shape index (κ3) is 2.38. The Labute approximate surface area is 89.9 Å². The number of hydrogen-bond acceptors (Lipinski definition) is 3. The third-order valence-electron chi connectivity index (χ3n) is 3.26. The lowest BCUT2D eigenvalue weighted by molar-refractivity contribution is 0.165. The van der Waals surface area contributed by atoms with Crippen LogP contribution in [0.2, 0.25) is 0 Å². The molecule has 1 aromatic rings. The smallest absolute Gasteiger partial charge is 0.0949 e. The molecule has 84 valence electrons. The minimum Gasteiger partial charge on any atom is -0.390 e. The Morgan fingerprint density at radius 2 is 2.40 bits per heavy atom. The molecular weight excluding hydrogens is 192 g/mol. The van der Waals surface area contributed by atoms with Gasteiger partial charge in [0.15, 0.2) is 0 Å². The van der Waals surface area contributed by atoms with E-state index < -0.39 is 0 Å². The van der Waals surface area contributed by atoms with Gasteiger partial charge in [0.2, 0.25) is 0 Å². The van der Waals surface area contributed by atoms with Gasteiger partial charge in [-0.05, 0) is 24.7 Å². The minimum atomic E-state index is 0.0698. The average molecular weight is 210 g/mol. The lowest BCUT2D eigenvalue weighted by atomic mass is 10.0. The van der Waals surface area contributed by atoms with E-state index in [1.807, 2.05) is 0 Å². The zero-order chi connectivity index (χ0) is 10.7. The van der Waals surface area contributed by atoms with Crippen LogP contribution in [0.1, 0.15) is 25.0 Å². The molecule has 0 amide bonds. The molecule has 0 spiro atoms. The van der Waals surface area contributed by atoms with E-state index in [1.165, 1.54) is 12.8 Å². The van der Waals surface area contributed by atoms with E-state index in [4.69, 9.17) is 9.84 Å². The van der Waals surface area contributed by atoms with E-state index in [-0.39, 0.29) is 6.61 Å². The zero-order valence-electron chi connectivity index (χ0n) is 9.15. The van der Waals surface area contributed by atoms with Crippen LogP contribution in [0.4, 0.5) is 0 Å². The number of nitrogens with zero attached hydrogens (tertiary/aromatic N) is 2. The van der Waals surface area contributed by atoms with Gasteiger partial charge in [0.25, 0.3) is 0 Å². The molecule has 0 radical (unpaired) electrons. The minimum absolute atomic E-state index is 0.0698. The largest absolute Gasteiger partial charge is 0.390 e. The second kappa shape index (κ2) is 4.33. The Hall–Kier alpha value is -0.870. The normalized spacial score (nSPS) is 18.0. The molecule has 0 aliphatic heterocycles. The van der Waals surface area contributed by atoms with E-state index in [0.717, 1.165) is 25.3 Å². The molecule has 1 aliphatic rings. The maximum absolute atomic E-state index is 9.12. The van der Waals surface area contributed by atoms with Crippen molar-refractivity contribution in [2.45, 2.75) is 32.4 Å². The van der Waals surface area contributed by atoms with E-state index in [9.17, 15) is 0 Å². The Bertz CT molecular complexity index is 318. The van der Waals surface area contributed by atoms with Crippen LogP contribution in [-0.2, 0) is 17.9 Å². The first-order valence-corrected chi connectivity index (χ1v) is 5.38. The van der Waals surface area contributed by atoms with Crippen LogP contribution in [0.25, 0.3) is 0 Å². The predicted octanol–water partition coefficient (Wildman–Crippen LogP) is 1.19. The maximum atomic E-state index is 9.12. The molecular formula is C11H18N2O2. The number of rotatable bonds is 6. The van der Waals surface area contributed by atoms with Crippen molar-refractivity contribution in [2.24, 2.45) is 5.41 Å². The summed E-state index contributed by atoms with van der Waals surface area (Å²) < 4.78 is 7.18. The number of aliphatic hydroxyl groups excluding tert-OH is 1. The monoisotopic (exact) mass is 210 g/mol. The summed E-state index contributed by atoms with van der Waals surface area (Å²) in [5.74, 6) is 0. The van der Waals surface area contributed by atoms with Crippen LogP contribution in [0, 0.1) is 5.41 Å². The van der Waals surface area contributed by atoms with Crippen LogP contribution >= 0.6 is 0 Å². The molecule has 1 fully saturated rings. The topological polar surface area (TPSA) is 47.3 Å².